The van der Waals surface area contributed by atoms with Gasteiger partial charge in [-0.1, -0.05) is 18.2 Å². The number of para-hydroxylation sites is 1. The van der Waals surface area contributed by atoms with Crippen LogP contribution in [0.15, 0.2) is 30.3 Å². The van der Waals surface area contributed by atoms with E-state index in [-0.39, 0.29) is 37.4 Å². The summed E-state index contributed by atoms with van der Waals surface area (Å²) in [4.78, 5) is 37.9. The Balaban J connectivity index is 1.91. The molecule has 1 aromatic rings. The number of aliphatic carboxylic acids is 1. The van der Waals surface area contributed by atoms with Crippen molar-refractivity contribution in [3.63, 3.8) is 0 Å². The lowest BCUT2D eigenvalue weighted by atomic mass is 9.93. The Hall–Kier alpha value is -2.61. The van der Waals surface area contributed by atoms with Crippen molar-refractivity contribution in [3.8, 4) is 5.75 Å². The average Bonchev–Trinajstić information content (AvgIpc) is 2.66. The molecule has 154 valence electrons. The van der Waals surface area contributed by atoms with Gasteiger partial charge in [0.1, 0.15) is 5.75 Å². The topological polar surface area (TPSA) is 105 Å². The summed E-state index contributed by atoms with van der Waals surface area (Å²) in [6, 6.07) is 9.08. The highest BCUT2D eigenvalue weighted by atomic mass is 16.5. The maximum atomic E-state index is 12.7. The molecule has 8 nitrogen and oxygen atoms in total. The molecule has 2 N–H and O–H groups in total. The molecule has 1 saturated heterocycles. The van der Waals surface area contributed by atoms with Gasteiger partial charge >= 0.3 is 5.97 Å². The minimum atomic E-state index is -1.02. The molecule has 1 fully saturated rings. The molecule has 2 unspecified atom stereocenters. The lowest BCUT2D eigenvalue weighted by molar-refractivity contribution is -0.140. The lowest BCUT2D eigenvalue weighted by Crippen LogP contribution is -2.55. The maximum Gasteiger partial charge on any atom is 0.305 e. The maximum absolute atomic E-state index is 12.7. The molecule has 0 aliphatic carbocycles. The number of amides is 2. The van der Waals surface area contributed by atoms with Crippen molar-refractivity contribution in [1.29, 1.82) is 0 Å². The molecule has 2 atom stereocenters. The van der Waals surface area contributed by atoms with Gasteiger partial charge in [-0.3, -0.25) is 14.4 Å². The smallest absolute Gasteiger partial charge is 0.305 e. The predicted molar refractivity (Wildman–Crippen MR) is 102 cm³/mol. The van der Waals surface area contributed by atoms with E-state index in [1.807, 2.05) is 18.2 Å². The van der Waals surface area contributed by atoms with E-state index in [9.17, 15) is 14.4 Å². The van der Waals surface area contributed by atoms with Crippen molar-refractivity contribution in [2.75, 3.05) is 33.4 Å². The second kappa shape index (κ2) is 10.1. The minimum absolute atomic E-state index is 0.0846. The lowest BCUT2D eigenvalue weighted by Gasteiger charge is -2.35. The molecule has 1 heterocycles. The van der Waals surface area contributed by atoms with Crippen molar-refractivity contribution in [3.05, 3.63) is 30.3 Å². The summed E-state index contributed by atoms with van der Waals surface area (Å²) in [5.74, 6) is -1.22. The van der Waals surface area contributed by atoms with E-state index >= 15 is 0 Å². The Labute approximate surface area is 164 Å². The first-order chi connectivity index (χ1) is 13.3. The van der Waals surface area contributed by atoms with E-state index < -0.39 is 11.5 Å². The zero-order valence-electron chi connectivity index (χ0n) is 16.3. The molecule has 0 aromatic heterocycles. The Kier molecular flexibility index (Phi) is 7.80. The number of rotatable bonds is 9. The molecular weight excluding hydrogens is 364 g/mol. The van der Waals surface area contributed by atoms with Crippen molar-refractivity contribution in [2.45, 2.75) is 31.7 Å². The molecular formula is C20H28N2O6. The summed E-state index contributed by atoms with van der Waals surface area (Å²) in [7, 11) is 1.46. The Bertz CT molecular complexity index is 681. The highest BCUT2D eigenvalue weighted by molar-refractivity contribution is 5.83. The van der Waals surface area contributed by atoms with Crippen LogP contribution in [0, 0.1) is 5.92 Å². The van der Waals surface area contributed by atoms with Gasteiger partial charge in [0, 0.05) is 20.2 Å². The zero-order valence-corrected chi connectivity index (χ0v) is 16.3. The Morgan fingerprint density at radius 2 is 2.00 bits per heavy atom. The summed E-state index contributed by atoms with van der Waals surface area (Å²) in [5, 5.41) is 11.9. The number of carboxylic acids is 1. The van der Waals surface area contributed by atoms with Gasteiger partial charge in [0.2, 0.25) is 5.91 Å². The summed E-state index contributed by atoms with van der Waals surface area (Å²) in [6.45, 7) is 2.51. The molecule has 1 aliphatic heterocycles. The first-order valence-corrected chi connectivity index (χ1v) is 9.31. The fourth-order valence-corrected chi connectivity index (χ4v) is 3.35. The monoisotopic (exact) mass is 392 g/mol. The molecule has 28 heavy (non-hydrogen) atoms. The van der Waals surface area contributed by atoms with E-state index in [1.54, 1.807) is 24.0 Å². The van der Waals surface area contributed by atoms with Gasteiger partial charge in [-0.25, -0.2) is 0 Å². The van der Waals surface area contributed by atoms with Crippen LogP contribution in [-0.2, 0) is 19.1 Å². The van der Waals surface area contributed by atoms with E-state index in [2.05, 4.69) is 5.32 Å². The first-order valence-electron chi connectivity index (χ1n) is 9.31. The largest absolute Gasteiger partial charge is 0.484 e. The van der Waals surface area contributed by atoms with Gasteiger partial charge in [-0.2, -0.15) is 0 Å². The van der Waals surface area contributed by atoms with Crippen LogP contribution in [-0.4, -0.2) is 66.7 Å². The molecule has 0 saturated carbocycles. The molecule has 8 heteroatoms. The van der Waals surface area contributed by atoms with Crippen LogP contribution in [0.2, 0.25) is 0 Å². The number of carbonyl (C=O) groups is 3. The first kappa shape index (κ1) is 21.7. The molecule has 0 radical (unpaired) electrons. The van der Waals surface area contributed by atoms with Crippen LogP contribution in [0.3, 0.4) is 0 Å². The number of nitrogens with zero attached hydrogens (tertiary/aromatic N) is 1. The fourth-order valence-electron chi connectivity index (χ4n) is 3.35. The number of carbonyl (C=O) groups excluding carboxylic acids is 2. The molecule has 0 spiro atoms. The normalized spacial score (nSPS) is 18.8. The molecule has 1 aromatic carbocycles. The van der Waals surface area contributed by atoms with Crippen LogP contribution in [0.5, 0.6) is 5.75 Å². The van der Waals surface area contributed by atoms with Gasteiger partial charge in [0.15, 0.2) is 6.61 Å². The van der Waals surface area contributed by atoms with Crippen LogP contribution in [0.1, 0.15) is 26.2 Å². The van der Waals surface area contributed by atoms with Crippen molar-refractivity contribution in [2.24, 2.45) is 5.92 Å². The van der Waals surface area contributed by atoms with Gasteiger partial charge in [-0.15, -0.1) is 0 Å². The van der Waals surface area contributed by atoms with Crippen LogP contribution in [0.4, 0.5) is 0 Å². The third-order valence-corrected chi connectivity index (χ3v) is 4.68. The van der Waals surface area contributed by atoms with E-state index in [4.69, 9.17) is 14.6 Å². The summed E-state index contributed by atoms with van der Waals surface area (Å²) >= 11 is 0. The van der Waals surface area contributed by atoms with E-state index in [0.29, 0.717) is 31.7 Å². The van der Waals surface area contributed by atoms with Crippen LogP contribution < -0.4 is 10.1 Å². The average molecular weight is 392 g/mol. The van der Waals surface area contributed by atoms with Gasteiger partial charge in [0.25, 0.3) is 5.91 Å². The predicted octanol–water partition coefficient (Wildman–Crippen LogP) is 1.30. The van der Waals surface area contributed by atoms with Gasteiger partial charge in [-0.05, 0) is 31.9 Å². The number of hydrogen-bond donors (Lipinski definition) is 2. The number of benzene rings is 1. The summed E-state index contributed by atoms with van der Waals surface area (Å²) in [5.41, 5.74) is -1.000. The van der Waals surface area contributed by atoms with Crippen molar-refractivity contribution >= 4 is 17.8 Å². The summed E-state index contributed by atoms with van der Waals surface area (Å²) in [6.07, 6.45) is 1.10. The van der Waals surface area contributed by atoms with Crippen LogP contribution >= 0.6 is 0 Å². The highest BCUT2D eigenvalue weighted by Crippen LogP contribution is 2.20. The minimum Gasteiger partial charge on any atom is -0.484 e. The summed E-state index contributed by atoms with van der Waals surface area (Å²) < 4.78 is 10.6. The Morgan fingerprint density at radius 3 is 2.64 bits per heavy atom. The highest BCUT2D eigenvalue weighted by Gasteiger charge is 2.34. The van der Waals surface area contributed by atoms with Gasteiger partial charge in [0.05, 0.1) is 24.5 Å². The zero-order chi connectivity index (χ0) is 20.6. The number of likely N-dealkylation sites (tertiary alicyclic amines) is 1. The van der Waals surface area contributed by atoms with Crippen molar-refractivity contribution in [1.82, 2.24) is 10.2 Å². The third-order valence-electron chi connectivity index (χ3n) is 4.68. The number of ether oxygens (including phenoxy) is 2. The van der Waals surface area contributed by atoms with Crippen molar-refractivity contribution < 1.29 is 29.0 Å². The number of nitrogens with one attached hydrogen (secondary N) is 1. The Morgan fingerprint density at radius 1 is 1.29 bits per heavy atom. The van der Waals surface area contributed by atoms with E-state index in [0.717, 1.165) is 0 Å². The molecule has 2 amide bonds. The number of methoxy groups -OCH3 is 1. The molecule has 0 bridgehead atoms. The molecule has 1 aliphatic rings. The number of piperidine rings is 1. The fraction of sp³-hybridized carbons (Fsp3) is 0.550. The second-order valence-electron chi connectivity index (χ2n) is 7.33. The quantitative estimate of drug-likeness (QED) is 0.656. The number of hydrogen-bond acceptors (Lipinski definition) is 5. The van der Waals surface area contributed by atoms with Gasteiger partial charge < -0.3 is 24.8 Å². The standard InChI is InChI=1S/C20H28N2O6/c1-20(14-27-2,11-18(24)25)21-19(26)15-7-6-10-22(12-15)17(23)13-28-16-8-4-3-5-9-16/h3-5,8-9,15H,6-7,10-14H2,1-2H3,(H,21,26)(H,24,25). The second-order valence-corrected chi connectivity index (χ2v) is 7.33. The van der Waals surface area contributed by atoms with E-state index in [1.165, 1.54) is 7.11 Å². The number of carboxylic acid groups (broad SMARTS) is 1. The third kappa shape index (κ3) is 6.53. The SMILES string of the molecule is COCC(C)(CC(=O)O)NC(=O)C1CCCN(C(=O)COc2ccccc2)C1. The molecule has 2 rings (SSSR count). The van der Waals surface area contributed by atoms with Crippen LogP contribution in [0.25, 0.3) is 0 Å².